The Bertz CT molecular complexity index is 422. The number of pyridine rings is 1. The molecule has 2 heterocycles. The van der Waals surface area contributed by atoms with Gasteiger partial charge in [0.2, 0.25) is 0 Å². The number of aromatic nitrogens is 1. The lowest BCUT2D eigenvalue weighted by molar-refractivity contribution is 0.0787. The minimum atomic E-state index is -0.0150. The van der Waals surface area contributed by atoms with Gasteiger partial charge in [0, 0.05) is 19.3 Å². The van der Waals surface area contributed by atoms with Gasteiger partial charge in [-0.2, -0.15) is 0 Å². The molecule has 0 saturated carbocycles. The SMILES string of the molecule is CC1CCN(C(=O)c2cnc(N)c(Cl)c2)C1. The van der Waals surface area contributed by atoms with Crippen LogP contribution in [-0.2, 0) is 0 Å². The Morgan fingerprint density at radius 3 is 3.00 bits per heavy atom. The molecule has 0 bridgehead atoms. The highest BCUT2D eigenvalue weighted by Crippen LogP contribution is 2.21. The molecule has 0 aliphatic carbocycles. The maximum absolute atomic E-state index is 12.0. The fourth-order valence-corrected chi connectivity index (χ4v) is 2.03. The van der Waals surface area contributed by atoms with E-state index >= 15 is 0 Å². The lowest BCUT2D eigenvalue weighted by Crippen LogP contribution is -2.28. The van der Waals surface area contributed by atoms with Gasteiger partial charge in [0.15, 0.2) is 0 Å². The molecule has 0 aromatic carbocycles. The maximum atomic E-state index is 12.0. The van der Waals surface area contributed by atoms with E-state index in [1.807, 2.05) is 4.90 Å². The number of hydrogen-bond acceptors (Lipinski definition) is 3. The molecule has 1 fully saturated rings. The molecule has 1 aliphatic heterocycles. The van der Waals surface area contributed by atoms with Crippen molar-refractivity contribution in [2.24, 2.45) is 5.92 Å². The molecule has 1 atom stereocenters. The molecule has 0 spiro atoms. The number of nitrogen functional groups attached to an aromatic ring is 1. The summed E-state index contributed by atoms with van der Waals surface area (Å²) < 4.78 is 0. The van der Waals surface area contributed by atoms with Gasteiger partial charge in [0.25, 0.3) is 5.91 Å². The van der Waals surface area contributed by atoms with E-state index < -0.39 is 0 Å². The second-order valence-corrected chi connectivity index (χ2v) is 4.64. The van der Waals surface area contributed by atoms with Crippen LogP contribution in [0.5, 0.6) is 0 Å². The van der Waals surface area contributed by atoms with Crippen molar-refractivity contribution in [3.8, 4) is 0 Å². The van der Waals surface area contributed by atoms with E-state index in [1.54, 1.807) is 6.07 Å². The normalized spacial score (nSPS) is 20.1. The van der Waals surface area contributed by atoms with Crippen LogP contribution in [0.25, 0.3) is 0 Å². The minimum Gasteiger partial charge on any atom is -0.382 e. The number of hydrogen-bond donors (Lipinski definition) is 1. The Balaban J connectivity index is 2.18. The van der Waals surface area contributed by atoms with E-state index in [0.717, 1.165) is 19.5 Å². The van der Waals surface area contributed by atoms with Gasteiger partial charge in [0.1, 0.15) is 5.82 Å². The number of rotatable bonds is 1. The molecule has 2 rings (SSSR count). The quantitative estimate of drug-likeness (QED) is 0.813. The monoisotopic (exact) mass is 239 g/mol. The first-order valence-electron chi connectivity index (χ1n) is 5.28. The maximum Gasteiger partial charge on any atom is 0.255 e. The van der Waals surface area contributed by atoms with E-state index in [2.05, 4.69) is 11.9 Å². The molecule has 1 saturated heterocycles. The topological polar surface area (TPSA) is 59.2 Å². The van der Waals surface area contributed by atoms with Gasteiger partial charge in [-0.05, 0) is 18.4 Å². The summed E-state index contributed by atoms with van der Waals surface area (Å²) in [6.07, 6.45) is 2.54. The smallest absolute Gasteiger partial charge is 0.255 e. The number of carbonyl (C=O) groups is 1. The van der Waals surface area contributed by atoms with Gasteiger partial charge in [-0.15, -0.1) is 0 Å². The number of anilines is 1. The highest BCUT2D eigenvalue weighted by atomic mass is 35.5. The van der Waals surface area contributed by atoms with E-state index in [0.29, 0.717) is 16.5 Å². The van der Waals surface area contributed by atoms with E-state index in [9.17, 15) is 4.79 Å². The van der Waals surface area contributed by atoms with Crippen molar-refractivity contribution in [3.05, 3.63) is 22.8 Å². The van der Waals surface area contributed by atoms with Gasteiger partial charge in [-0.25, -0.2) is 4.98 Å². The second-order valence-electron chi connectivity index (χ2n) is 4.24. The van der Waals surface area contributed by atoms with Crippen LogP contribution < -0.4 is 5.73 Å². The Morgan fingerprint density at radius 2 is 2.44 bits per heavy atom. The first kappa shape index (κ1) is 11.2. The molecule has 5 heteroatoms. The summed E-state index contributed by atoms with van der Waals surface area (Å²) in [5, 5.41) is 0.332. The van der Waals surface area contributed by atoms with Gasteiger partial charge in [0.05, 0.1) is 10.6 Å². The number of likely N-dealkylation sites (tertiary alicyclic amines) is 1. The predicted octanol–water partition coefficient (Wildman–Crippen LogP) is 1.80. The number of carbonyl (C=O) groups excluding carboxylic acids is 1. The van der Waals surface area contributed by atoms with Gasteiger partial charge in [-0.3, -0.25) is 4.79 Å². The molecule has 2 N–H and O–H groups in total. The molecule has 4 nitrogen and oxygen atoms in total. The predicted molar refractivity (Wildman–Crippen MR) is 63.3 cm³/mol. The van der Waals surface area contributed by atoms with Crippen molar-refractivity contribution in [1.29, 1.82) is 0 Å². The average Bonchev–Trinajstić information content (AvgIpc) is 2.68. The van der Waals surface area contributed by atoms with Crippen LogP contribution in [0.4, 0.5) is 5.82 Å². The Kier molecular flexibility index (Phi) is 3.01. The van der Waals surface area contributed by atoms with Crippen molar-refractivity contribution in [3.63, 3.8) is 0 Å². The zero-order chi connectivity index (χ0) is 11.7. The van der Waals surface area contributed by atoms with Crippen LogP contribution in [0, 0.1) is 5.92 Å². The van der Waals surface area contributed by atoms with Gasteiger partial charge >= 0.3 is 0 Å². The summed E-state index contributed by atoms with van der Waals surface area (Å²) >= 11 is 5.84. The largest absolute Gasteiger partial charge is 0.382 e. The van der Waals surface area contributed by atoms with E-state index in [-0.39, 0.29) is 11.7 Å². The molecular weight excluding hydrogens is 226 g/mol. The number of nitrogens with zero attached hydrogens (tertiary/aromatic N) is 2. The molecule has 1 aromatic rings. The second kappa shape index (κ2) is 4.29. The standard InChI is InChI=1S/C11H14ClN3O/c1-7-2-3-15(6-7)11(16)8-4-9(12)10(13)14-5-8/h4-5,7H,2-3,6H2,1H3,(H2,13,14). The Hall–Kier alpha value is -1.29. The van der Waals surface area contributed by atoms with Crippen molar-refractivity contribution in [1.82, 2.24) is 9.88 Å². The molecule has 16 heavy (non-hydrogen) atoms. The third-order valence-corrected chi connectivity index (χ3v) is 3.13. The van der Waals surface area contributed by atoms with Crippen LogP contribution in [-0.4, -0.2) is 28.9 Å². The molecule has 1 amide bonds. The van der Waals surface area contributed by atoms with Crippen molar-refractivity contribution in [2.45, 2.75) is 13.3 Å². The highest BCUT2D eigenvalue weighted by Gasteiger charge is 2.24. The third kappa shape index (κ3) is 2.11. The van der Waals surface area contributed by atoms with E-state index in [1.165, 1.54) is 6.20 Å². The zero-order valence-corrected chi connectivity index (χ0v) is 9.87. The van der Waals surface area contributed by atoms with E-state index in [4.69, 9.17) is 17.3 Å². The van der Waals surface area contributed by atoms with Crippen LogP contribution in [0.3, 0.4) is 0 Å². The molecule has 86 valence electrons. The molecule has 0 radical (unpaired) electrons. The Morgan fingerprint density at radius 1 is 1.69 bits per heavy atom. The fraction of sp³-hybridized carbons (Fsp3) is 0.455. The molecular formula is C11H14ClN3O. The zero-order valence-electron chi connectivity index (χ0n) is 9.11. The highest BCUT2D eigenvalue weighted by molar-refractivity contribution is 6.33. The fourth-order valence-electron chi connectivity index (χ4n) is 1.87. The first-order chi connectivity index (χ1) is 7.58. The van der Waals surface area contributed by atoms with Crippen molar-refractivity contribution >= 4 is 23.3 Å². The van der Waals surface area contributed by atoms with Crippen LogP contribution in [0.1, 0.15) is 23.7 Å². The van der Waals surface area contributed by atoms with Crippen LogP contribution in [0.2, 0.25) is 5.02 Å². The molecule has 1 unspecified atom stereocenters. The number of nitrogens with two attached hydrogens (primary N) is 1. The Labute approximate surface area is 99.4 Å². The summed E-state index contributed by atoms with van der Waals surface area (Å²) in [7, 11) is 0. The van der Waals surface area contributed by atoms with Crippen molar-refractivity contribution in [2.75, 3.05) is 18.8 Å². The summed E-state index contributed by atoms with van der Waals surface area (Å²) in [4.78, 5) is 17.8. The lowest BCUT2D eigenvalue weighted by Gasteiger charge is -2.15. The average molecular weight is 240 g/mol. The van der Waals surface area contributed by atoms with Gasteiger partial charge < -0.3 is 10.6 Å². The number of amides is 1. The molecule has 1 aromatic heterocycles. The summed E-state index contributed by atoms with van der Waals surface area (Å²) in [6.45, 7) is 3.75. The van der Waals surface area contributed by atoms with Crippen molar-refractivity contribution < 1.29 is 4.79 Å². The first-order valence-corrected chi connectivity index (χ1v) is 5.66. The third-order valence-electron chi connectivity index (χ3n) is 2.83. The summed E-state index contributed by atoms with van der Waals surface area (Å²) in [5.41, 5.74) is 6.00. The van der Waals surface area contributed by atoms with Crippen LogP contribution in [0.15, 0.2) is 12.3 Å². The summed E-state index contributed by atoms with van der Waals surface area (Å²) in [5.74, 6) is 0.813. The summed E-state index contributed by atoms with van der Waals surface area (Å²) in [6, 6.07) is 1.58. The van der Waals surface area contributed by atoms with Crippen LogP contribution >= 0.6 is 11.6 Å². The lowest BCUT2D eigenvalue weighted by atomic mass is 10.2. The van der Waals surface area contributed by atoms with Gasteiger partial charge in [-0.1, -0.05) is 18.5 Å². The minimum absolute atomic E-state index is 0.0150. The number of halogens is 1. The molecule has 1 aliphatic rings.